The number of anilines is 1. The first kappa shape index (κ1) is 36.3. The molecule has 2 atom stereocenters. The van der Waals surface area contributed by atoms with E-state index in [9.17, 15) is 4.79 Å². The first-order chi connectivity index (χ1) is 24.9. The van der Waals surface area contributed by atoms with Crippen molar-refractivity contribution in [3.8, 4) is 23.0 Å². The fraction of sp³-hybridized carbons (Fsp3) is 0.500. The van der Waals surface area contributed by atoms with Gasteiger partial charge in [0, 0.05) is 39.3 Å². The summed E-state index contributed by atoms with van der Waals surface area (Å²) in [6.45, 7) is 6.97. The van der Waals surface area contributed by atoms with E-state index in [0.29, 0.717) is 50.0 Å². The van der Waals surface area contributed by atoms with Crippen molar-refractivity contribution in [3.63, 3.8) is 0 Å². The number of carbonyl (C=O) groups is 1. The Balaban J connectivity index is 1.23. The highest BCUT2D eigenvalue weighted by atomic mass is 16.5. The molecule has 3 heterocycles. The van der Waals surface area contributed by atoms with E-state index >= 15 is 0 Å². The van der Waals surface area contributed by atoms with Gasteiger partial charge < -0.3 is 38.5 Å². The van der Waals surface area contributed by atoms with Gasteiger partial charge in [0.2, 0.25) is 17.6 Å². The molecule has 6 rings (SSSR count). The van der Waals surface area contributed by atoms with E-state index in [1.165, 1.54) is 0 Å². The molecule has 1 N–H and O–H groups in total. The molecule has 1 amide bonds. The molecule has 3 aromatic carbocycles. The molecule has 2 saturated heterocycles. The Bertz CT molecular complexity index is 1740. The van der Waals surface area contributed by atoms with E-state index in [2.05, 4.69) is 45.1 Å². The van der Waals surface area contributed by atoms with Crippen LogP contribution >= 0.6 is 0 Å². The third kappa shape index (κ3) is 8.05. The number of aromatic nitrogens is 2. The Morgan fingerprint density at radius 2 is 1.65 bits per heavy atom. The molecule has 2 aliphatic rings. The van der Waals surface area contributed by atoms with E-state index in [1.807, 2.05) is 42.2 Å². The number of hydrogen-bond acceptors (Lipinski definition) is 9. The predicted octanol–water partition coefficient (Wildman–Crippen LogP) is 6.38. The molecule has 0 saturated carbocycles. The second-order valence-corrected chi connectivity index (χ2v) is 13.5. The molecule has 2 unspecified atom stereocenters. The molecule has 0 bridgehead atoms. The average Bonchev–Trinajstić information content (AvgIpc) is 3.66. The van der Waals surface area contributed by atoms with Crippen LogP contribution in [0.25, 0.3) is 11.0 Å². The van der Waals surface area contributed by atoms with Gasteiger partial charge in [0.1, 0.15) is 5.75 Å². The van der Waals surface area contributed by atoms with Crippen LogP contribution in [0.15, 0.2) is 60.7 Å². The fourth-order valence-corrected chi connectivity index (χ4v) is 7.75. The number of methoxy groups -OCH3 is 4. The normalized spacial score (nSPS) is 19.4. The Morgan fingerprint density at radius 1 is 0.882 bits per heavy atom. The van der Waals surface area contributed by atoms with Crippen LogP contribution < -0.4 is 24.3 Å². The number of fused-ring (bicyclic) bond motifs is 1. The highest BCUT2D eigenvalue weighted by Gasteiger charge is 2.46. The number of piperidine rings is 1. The molecule has 4 aromatic rings. The Morgan fingerprint density at radius 3 is 2.35 bits per heavy atom. The van der Waals surface area contributed by atoms with Crippen molar-refractivity contribution < 1.29 is 28.5 Å². The van der Waals surface area contributed by atoms with Crippen LogP contribution in [-0.4, -0.2) is 92.7 Å². The summed E-state index contributed by atoms with van der Waals surface area (Å²) >= 11 is 0. The minimum Gasteiger partial charge on any atom is -0.497 e. The number of likely N-dealkylation sites (tertiary alicyclic amines) is 2. The summed E-state index contributed by atoms with van der Waals surface area (Å²) in [7, 11) is 6.50. The molecule has 274 valence electrons. The van der Waals surface area contributed by atoms with Gasteiger partial charge in [0.05, 0.1) is 57.7 Å². The van der Waals surface area contributed by atoms with Gasteiger partial charge >= 0.3 is 0 Å². The van der Waals surface area contributed by atoms with Crippen molar-refractivity contribution in [2.75, 3.05) is 66.6 Å². The summed E-state index contributed by atoms with van der Waals surface area (Å²) in [6, 6.07) is 20.3. The SMILES string of the molecule is CCOCCn1c(NC2CCCCN2CCC2(Cc3ccc(OC)cc3)CCN(Cc3cc(OC)c(OC)c(OC)c3)C2=O)nc2ccccc21. The number of para-hydroxylation sites is 2. The summed E-state index contributed by atoms with van der Waals surface area (Å²) in [4.78, 5) is 24.2. The lowest BCUT2D eigenvalue weighted by molar-refractivity contribution is -0.137. The van der Waals surface area contributed by atoms with Gasteiger partial charge in [-0.1, -0.05) is 24.3 Å². The number of rotatable bonds is 17. The number of benzene rings is 3. The van der Waals surface area contributed by atoms with E-state index in [1.54, 1.807) is 28.4 Å². The third-order valence-corrected chi connectivity index (χ3v) is 10.5. The van der Waals surface area contributed by atoms with Crippen molar-refractivity contribution in [2.45, 2.75) is 64.7 Å². The first-order valence-corrected chi connectivity index (χ1v) is 18.2. The van der Waals surface area contributed by atoms with E-state index < -0.39 is 5.41 Å². The van der Waals surface area contributed by atoms with E-state index in [-0.39, 0.29) is 12.1 Å². The molecule has 0 spiro atoms. The van der Waals surface area contributed by atoms with Crippen LogP contribution in [-0.2, 0) is 29.0 Å². The van der Waals surface area contributed by atoms with Crippen LogP contribution in [0.3, 0.4) is 0 Å². The van der Waals surface area contributed by atoms with Gasteiger partial charge in [0.15, 0.2) is 11.5 Å². The van der Waals surface area contributed by atoms with Crippen molar-refractivity contribution in [2.24, 2.45) is 5.41 Å². The smallest absolute Gasteiger partial charge is 0.229 e. The molecule has 0 radical (unpaired) electrons. The molecule has 11 nitrogen and oxygen atoms in total. The lowest BCUT2D eigenvalue weighted by Gasteiger charge is -2.38. The third-order valence-electron chi connectivity index (χ3n) is 10.5. The van der Waals surface area contributed by atoms with E-state index in [4.69, 9.17) is 28.7 Å². The Hall–Kier alpha value is -4.48. The van der Waals surface area contributed by atoms with Crippen LogP contribution in [0.2, 0.25) is 0 Å². The van der Waals surface area contributed by atoms with Crippen molar-refractivity contribution >= 4 is 22.9 Å². The lowest BCUT2D eigenvalue weighted by Crippen LogP contribution is -2.47. The molecule has 0 aliphatic carbocycles. The number of hydrogen-bond donors (Lipinski definition) is 1. The van der Waals surface area contributed by atoms with Crippen LogP contribution in [0.4, 0.5) is 5.95 Å². The summed E-state index contributed by atoms with van der Waals surface area (Å²) in [5.41, 5.74) is 3.60. The molecule has 51 heavy (non-hydrogen) atoms. The second-order valence-electron chi connectivity index (χ2n) is 13.5. The maximum atomic E-state index is 14.7. The number of ether oxygens (including phenoxy) is 5. The minimum atomic E-state index is -0.540. The van der Waals surface area contributed by atoms with E-state index in [0.717, 1.165) is 85.6 Å². The van der Waals surface area contributed by atoms with Gasteiger partial charge in [-0.05, 0) is 93.0 Å². The van der Waals surface area contributed by atoms with Crippen molar-refractivity contribution in [1.82, 2.24) is 19.4 Å². The van der Waals surface area contributed by atoms with Gasteiger partial charge in [0.25, 0.3) is 0 Å². The van der Waals surface area contributed by atoms with Gasteiger partial charge in [-0.15, -0.1) is 0 Å². The Labute approximate surface area is 301 Å². The number of amides is 1. The average molecular weight is 700 g/mol. The molecular weight excluding hydrogens is 646 g/mol. The van der Waals surface area contributed by atoms with Crippen molar-refractivity contribution in [1.29, 1.82) is 0 Å². The van der Waals surface area contributed by atoms with Crippen LogP contribution in [0, 0.1) is 5.41 Å². The summed E-state index contributed by atoms with van der Waals surface area (Å²) in [5.74, 6) is 3.57. The van der Waals surface area contributed by atoms with Crippen molar-refractivity contribution in [3.05, 3.63) is 71.8 Å². The van der Waals surface area contributed by atoms with Crippen LogP contribution in [0.1, 0.15) is 50.2 Å². The molecule has 1 aromatic heterocycles. The maximum absolute atomic E-state index is 14.7. The number of nitrogens with one attached hydrogen (secondary N) is 1. The van der Waals surface area contributed by atoms with Gasteiger partial charge in [-0.2, -0.15) is 0 Å². The largest absolute Gasteiger partial charge is 0.497 e. The number of nitrogens with zero attached hydrogens (tertiary/aromatic N) is 4. The quantitative estimate of drug-likeness (QED) is 0.126. The lowest BCUT2D eigenvalue weighted by atomic mass is 9.77. The molecular formula is C40H53N5O6. The van der Waals surface area contributed by atoms with Crippen LogP contribution in [0.5, 0.6) is 23.0 Å². The fourth-order valence-electron chi connectivity index (χ4n) is 7.75. The zero-order valence-corrected chi connectivity index (χ0v) is 30.8. The topological polar surface area (TPSA) is 99.5 Å². The highest BCUT2D eigenvalue weighted by molar-refractivity contribution is 5.85. The predicted molar refractivity (Wildman–Crippen MR) is 199 cm³/mol. The maximum Gasteiger partial charge on any atom is 0.229 e. The highest BCUT2D eigenvalue weighted by Crippen LogP contribution is 2.43. The molecule has 2 aliphatic heterocycles. The summed E-state index contributed by atoms with van der Waals surface area (Å²) < 4.78 is 30.2. The zero-order valence-electron chi connectivity index (χ0n) is 30.8. The van der Waals surface area contributed by atoms with Gasteiger partial charge in [-0.25, -0.2) is 4.98 Å². The molecule has 2 fully saturated rings. The number of imidazole rings is 1. The number of carbonyl (C=O) groups excluding carboxylic acids is 1. The zero-order chi connectivity index (χ0) is 35.8. The Kier molecular flexibility index (Phi) is 11.9. The standard InChI is InChI=1S/C40H53N5O6/c1-6-51-24-23-45-33-12-8-7-11-32(33)41-39(45)42-36-13-9-10-20-43(36)21-18-40(27-29-14-16-31(47-2)17-15-29)19-22-44(38(40)46)28-30-25-34(48-3)37(50-5)35(26-30)49-4/h7-8,11-12,14-17,25-26,36H,6,9-10,13,18-24,27-28H2,1-5H3,(H,41,42). The minimum absolute atomic E-state index is 0.117. The second kappa shape index (κ2) is 16.7. The first-order valence-electron chi connectivity index (χ1n) is 18.2. The monoisotopic (exact) mass is 699 g/mol. The van der Waals surface area contributed by atoms with Gasteiger partial charge in [-0.3, -0.25) is 9.69 Å². The molecule has 11 heteroatoms. The summed E-state index contributed by atoms with van der Waals surface area (Å²) in [5, 5.41) is 3.83. The summed E-state index contributed by atoms with van der Waals surface area (Å²) in [6.07, 6.45) is 5.61.